The molecule has 0 spiro atoms. The second kappa shape index (κ2) is 33.9. The largest absolute Gasteiger partial charge is 0.472 e. The first-order valence-corrected chi connectivity index (χ1v) is 20.6. The molecule has 0 rings (SSSR count). The van der Waals surface area contributed by atoms with Crippen LogP contribution in [0.4, 0.5) is 0 Å². The summed E-state index contributed by atoms with van der Waals surface area (Å²) < 4.78 is 32.7. The van der Waals surface area contributed by atoms with Gasteiger partial charge in [0, 0.05) is 12.8 Å². The van der Waals surface area contributed by atoms with E-state index in [4.69, 9.17) is 18.5 Å². The Labute approximate surface area is 282 Å². The molecule has 0 saturated carbocycles. The Bertz CT molecular complexity index is 739. The van der Waals surface area contributed by atoms with Gasteiger partial charge in [-0.1, -0.05) is 162 Å². The molecule has 2 atom stereocenters. The van der Waals surface area contributed by atoms with Crippen LogP contribution in [0.5, 0.6) is 0 Å². The summed E-state index contributed by atoms with van der Waals surface area (Å²) in [5.41, 5.74) is 3.57. The van der Waals surface area contributed by atoms with Gasteiger partial charge in [0.25, 0.3) is 0 Å². The van der Waals surface area contributed by atoms with E-state index in [0.29, 0.717) is 19.4 Å². The van der Waals surface area contributed by atoms with Crippen molar-refractivity contribution in [2.45, 2.75) is 193 Å². The molecule has 274 valence electrons. The van der Waals surface area contributed by atoms with Gasteiger partial charge in [-0.15, -0.1) is 0 Å². The lowest BCUT2D eigenvalue weighted by Gasteiger charge is -2.19. The lowest BCUT2D eigenvalue weighted by molar-refractivity contribution is -0.371. The first kappa shape index (κ1) is 45.0. The number of carbonyl (C=O) groups is 2. The van der Waals surface area contributed by atoms with Gasteiger partial charge in [-0.3, -0.25) is 18.6 Å². The summed E-state index contributed by atoms with van der Waals surface area (Å²) in [5.74, 6) is -0.802. The summed E-state index contributed by atoms with van der Waals surface area (Å²) in [6.45, 7) is 4.13. The molecule has 0 aromatic heterocycles. The van der Waals surface area contributed by atoms with Crippen LogP contribution in [0, 0.1) is 0 Å². The van der Waals surface area contributed by atoms with Crippen LogP contribution < -0.4 is 5.73 Å². The standard InChI is InChI=1S/C36H72NO8P/c1-3-5-7-9-11-13-15-16-17-18-19-21-23-25-27-29-36(39)45-34(33-44-46(40,41)43-31-30-37)32-42-35(38)28-26-24-22-20-14-12-10-8-6-4-2/h34H,3-33,37H2,1-2H3,(H,40,41)/p+1/t34-/m1/s1. The van der Waals surface area contributed by atoms with E-state index in [1.165, 1.54) is 122 Å². The number of phosphoric acid groups is 1. The summed E-state index contributed by atoms with van der Waals surface area (Å²) in [6, 6.07) is 0. The minimum Gasteiger partial charge on any atom is -0.462 e. The van der Waals surface area contributed by atoms with Gasteiger partial charge in [-0.05, 0) is 12.8 Å². The Morgan fingerprint density at radius 1 is 0.565 bits per heavy atom. The van der Waals surface area contributed by atoms with E-state index in [1.54, 1.807) is 0 Å². The number of carbonyl (C=O) groups excluding carboxylic acids is 2. The average Bonchev–Trinajstić information content (AvgIpc) is 3.04. The van der Waals surface area contributed by atoms with Crippen molar-refractivity contribution in [1.82, 2.24) is 0 Å². The Balaban J connectivity index is 4.17. The van der Waals surface area contributed by atoms with Crippen LogP contribution in [0.2, 0.25) is 0 Å². The van der Waals surface area contributed by atoms with E-state index >= 15 is 0 Å². The Hall–Kier alpha value is -0.990. The topological polar surface area (TPSA) is 136 Å². The molecule has 0 bridgehead atoms. The van der Waals surface area contributed by atoms with Crippen molar-refractivity contribution in [3.05, 3.63) is 0 Å². The van der Waals surface area contributed by atoms with Crippen LogP contribution in [0.3, 0.4) is 0 Å². The summed E-state index contributed by atoms with van der Waals surface area (Å²) in [7, 11) is -4.32. The number of unbranched alkanes of at least 4 members (excludes halogenated alkanes) is 23. The highest BCUT2D eigenvalue weighted by Crippen LogP contribution is 2.43. The predicted octanol–water partition coefficient (Wildman–Crippen LogP) is 9.39. The molecule has 0 radical (unpaired) electrons. The summed E-state index contributed by atoms with van der Waals surface area (Å²) in [5, 5.41) is 0. The maximum atomic E-state index is 12.5. The third-order valence-electron chi connectivity index (χ3n) is 8.27. The molecular weight excluding hydrogens is 605 g/mol. The average molecular weight is 679 g/mol. The predicted molar refractivity (Wildman–Crippen MR) is 186 cm³/mol. The fourth-order valence-corrected chi connectivity index (χ4v) is 6.20. The van der Waals surface area contributed by atoms with E-state index in [9.17, 15) is 19.0 Å². The van der Waals surface area contributed by atoms with Crippen molar-refractivity contribution >= 4 is 19.8 Å². The zero-order chi connectivity index (χ0) is 34.0. The SMILES string of the molecule is CCCCCCCCCCCCCCCCCC(=O)O[C@H](COC(=O)CCCCCCCCCCCC)COP(=O)(O)OCC[NH3+]. The van der Waals surface area contributed by atoms with Gasteiger partial charge in [0.15, 0.2) is 6.10 Å². The molecule has 4 N–H and O–H groups in total. The molecular formula is C36H73NO8P+. The number of esters is 2. The van der Waals surface area contributed by atoms with Gasteiger partial charge in [0.05, 0.1) is 13.2 Å². The highest BCUT2D eigenvalue weighted by molar-refractivity contribution is 7.47. The molecule has 0 aliphatic heterocycles. The zero-order valence-corrected chi connectivity index (χ0v) is 30.9. The molecule has 0 aliphatic rings. The van der Waals surface area contributed by atoms with E-state index in [2.05, 4.69) is 19.6 Å². The second-order valence-electron chi connectivity index (χ2n) is 12.9. The Kier molecular flexibility index (Phi) is 33.2. The van der Waals surface area contributed by atoms with E-state index in [-0.39, 0.29) is 25.6 Å². The van der Waals surface area contributed by atoms with E-state index in [0.717, 1.165) is 32.1 Å². The number of ether oxygens (including phenoxy) is 2. The minimum absolute atomic E-state index is 0.0364. The van der Waals surface area contributed by atoms with Gasteiger partial charge in [-0.2, -0.15) is 0 Å². The third kappa shape index (κ3) is 32.9. The number of hydrogen-bond acceptors (Lipinski definition) is 7. The summed E-state index contributed by atoms with van der Waals surface area (Å²) in [4.78, 5) is 34.7. The van der Waals surface area contributed by atoms with Crippen molar-refractivity contribution in [2.75, 3.05) is 26.4 Å². The lowest BCUT2D eigenvalue weighted by atomic mass is 10.0. The fraction of sp³-hybridized carbons (Fsp3) is 0.944. The van der Waals surface area contributed by atoms with Crippen LogP contribution in [-0.2, 0) is 32.7 Å². The van der Waals surface area contributed by atoms with Crippen molar-refractivity contribution in [3.63, 3.8) is 0 Å². The first-order valence-electron chi connectivity index (χ1n) is 19.1. The van der Waals surface area contributed by atoms with E-state index < -0.39 is 26.5 Å². The second-order valence-corrected chi connectivity index (χ2v) is 14.3. The highest BCUT2D eigenvalue weighted by Gasteiger charge is 2.26. The normalized spacial score (nSPS) is 13.4. The molecule has 0 fully saturated rings. The molecule has 0 saturated heterocycles. The van der Waals surface area contributed by atoms with E-state index in [1.807, 2.05) is 0 Å². The van der Waals surface area contributed by atoms with Crippen LogP contribution in [0.25, 0.3) is 0 Å². The Morgan fingerprint density at radius 3 is 1.33 bits per heavy atom. The molecule has 1 unspecified atom stereocenters. The van der Waals surface area contributed by atoms with Crippen molar-refractivity contribution in [1.29, 1.82) is 0 Å². The van der Waals surface area contributed by atoms with Gasteiger partial charge >= 0.3 is 19.8 Å². The minimum atomic E-state index is -4.32. The van der Waals surface area contributed by atoms with Gasteiger partial charge in [0.2, 0.25) is 0 Å². The third-order valence-corrected chi connectivity index (χ3v) is 9.25. The van der Waals surface area contributed by atoms with Crippen molar-refractivity contribution in [2.24, 2.45) is 0 Å². The van der Waals surface area contributed by atoms with Crippen molar-refractivity contribution < 1.29 is 43.3 Å². The quantitative estimate of drug-likeness (QED) is 0.0380. The van der Waals surface area contributed by atoms with Crippen LogP contribution in [0.15, 0.2) is 0 Å². The fourth-order valence-electron chi connectivity index (χ4n) is 5.41. The van der Waals surface area contributed by atoms with Gasteiger partial charge in [0.1, 0.15) is 13.2 Å². The summed E-state index contributed by atoms with van der Waals surface area (Å²) >= 11 is 0. The number of quaternary nitrogens is 1. The molecule has 0 aromatic rings. The molecule has 0 heterocycles. The summed E-state index contributed by atoms with van der Waals surface area (Å²) in [6.07, 6.45) is 30.0. The smallest absolute Gasteiger partial charge is 0.462 e. The first-order chi connectivity index (χ1) is 22.3. The van der Waals surface area contributed by atoms with Crippen LogP contribution >= 0.6 is 7.82 Å². The molecule has 0 aliphatic carbocycles. The molecule has 46 heavy (non-hydrogen) atoms. The number of hydrogen-bond donors (Lipinski definition) is 2. The van der Waals surface area contributed by atoms with Crippen LogP contribution in [0.1, 0.15) is 187 Å². The highest BCUT2D eigenvalue weighted by atomic mass is 31.2. The van der Waals surface area contributed by atoms with Crippen LogP contribution in [-0.4, -0.2) is 49.3 Å². The lowest BCUT2D eigenvalue weighted by Crippen LogP contribution is -2.52. The van der Waals surface area contributed by atoms with Gasteiger partial charge < -0.3 is 20.1 Å². The zero-order valence-electron chi connectivity index (χ0n) is 30.0. The molecule has 9 nitrogen and oxygen atoms in total. The maximum Gasteiger partial charge on any atom is 0.472 e. The monoisotopic (exact) mass is 679 g/mol. The van der Waals surface area contributed by atoms with Crippen molar-refractivity contribution in [3.8, 4) is 0 Å². The molecule has 0 amide bonds. The molecule has 0 aromatic carbocycles. The Morgan fingerprint density at radius 2 is 0.935 bits per heavy atom. The number of rotatable bonds is 36. The number of phosphoric ester groups is 1. The van der Waals surface area contributed by atoms with Gasteiger partial charge in [-0.25, -0.2) is 4.57 Å². The maximum absolute atomic E-state index is 12.5. The molecule has 10 heteroatoms.